The lowest BCUT2D eigenvalue weighted by Gasteiger charge is -2.16. The summed E-state index contributed by atoms with van der Waals surface area (Å²) < 4.78 is 4.64. The summed E-state index contributed by atoms with van der Waals surface area (Å²) in [4.78, 5) is 0. The van der Waals surface area contributed by atoms with Crippen LogP contribution in [-0.4, -0.2) is 9.13 Å². The van der Waals surface area contributed by atoms with E-state index >= 15 is 0 Å². The molecule has 0 atom stereocenters. The van der Waals surface area contributed by atoms with E-state index in [1.165, 1.54) is 21.8 Å². The molecular formula is C46H37N5. The highest BCUT2D eigenvalue weighted by Crippen LogP contribution is 2.35. The van der Waals surface area contributed by atoms with Gasteiger partial charge >= 0.3 is 0 Å². The zero-order chi connectivity index (χ0) is 34.6. The van der Waals surface area contributed by atoms with Crippen molar-refractivity contribution in [2.24, 2.45) is 0 Å². The second kappa shape index (κ2) is 13.9. The highest BCUT2D eigenvalue weighted by molar-refractivity contribution is 6.09. The number of anilines is 4. The zero-order valence-corrected chi connectivity index (χ0v) is 28.0. The molecule has 0 fully saturated rings. The van der Waals surface area contributed by atoms with Crippen molar-refractivity contribution in [2.45, 2.75) is 0 Å². The molecule has 0 aliphatic carbocycles. The van der Waals surface area contributed by atoms with Crippen molar-refractivity contribution in [3.63, 3.8) is 0 Å². The van der Waals surface area contributed by atoms with Gasteiger partial charge in [0.1, 0.15) is 0 Å². The maximum Gasteiger partial charge on any atom is 0.0541 e. The van der Waals surface area contributed by atoms with Crippen LogP contribution < -0.4 is 16.8 Å². The van der Waals surface area contributed by atoms with Gasteiger partial charge in [0.15, 0.2) is 0 Å². The van der Waals surface area contributed by atoms with E-state index in [-0.39, 0.29) is 0 Å². The number of nitrogens with zero attached hydrogens (tertiary/aromatic N) is 2. The summed E-state index contributed by atoms with van der Waals surface area (Å²) in [5.41, 5.74) is 24.7. The van der Waals surface area contributed by atoms with Crippen LogP contribution in [0.25, 0.3) is 55.7 Å². The molecule has 246 valence electrons. The normalized spacial score (nSPS) is 10.9. The Bertz CT molecular complexity index is 2380. The number of para-hydroxylation sites is 4. The number of nitrogens with two attached hydrogens (primary N) is 2. The van der Waals surface area contributed by atoms with Crippen molar-refractivity contribution in [1.29, 1.82) is 0 Å². The molecule has 0 unspecified atom stereocenters. The van der Waals surface area contributed by atoms with Crippen LogP contribution >= 0.6 is 0 Å². The Balaban J connectivity index is 0.000000242. The molecule has 2 aromatic heterocycles. The minimum absolute atomic E-state index is 0.751. The van der Waals surface area contributed by atoms with Gasteiger partial charge in [-0.2, -0.15) is 0 Å². The van der Waals surface area contributed by atoms with Gasteiger partial charge in [0.25, 0.3) is 0 Å². The van der Waals surface area contributed by atoms with Gasteiger partial charge in [0, 0.05) is 44.9 Å². The third-order valence-corrected chi connectivity index (χ3v) is 9.08. The minimum Gasteiger partial charge on any atom is -0.399 e. The second-order valence-electron chi connectivity index (χ2n) is 12.4. The SMILES string of the molecule is Nc1ccc(-c2ccc(-c3ccc(N)cc3)n2-c2ccc(-n3c4ccccc4c4ccccc43)cc2)cc1.c1ccc(Nc2ccccc2)cc1. The number of rotatable bonds is 6. The van der Waals surface area contributed by atoms with Gasteiger partial charge in [0.2, 0.25) is 0 Å². The number of hydrogen-bond acceptors (Lipinski definition) is 3. The molecule has 0 aliphatic heterocycles. The van der Waals surface area contributed by atoms with Gasteiger partial charge < -0.3 is 25.9 Å². The van der Waals surface area contributed by atoms with Crippen LogP contribution in [0.1, 0.15) is 0 Å². The van der Waals surface area contributed by atoms with Gasteiger partial charge in [-0.15, -0.1) is 0 Å². The first-order chi connectivity index (χ1) is 25.1. The Morgan fingerprint density at radius 3 is 1.14 bits per heavy atom. The Morgan fingerprint density at radius 2 is 0.706 bits per heavy atom. The van der Waals surface area contributed by atoms with Crippen LogP contribution in [0, 0.1) is 0 Å². The standard InChI is InChI=1S/C34H26N4.C12H11N/c35-25-13-9-23(10-14-25)31-21-22-32(24-11-15-26(36)16-12-24)37(31)27-17-19-28(20-18-27)38-33-7-3-1-5-29(33)30-6-2-4-8-34(30)38;1-3-7-11(8-4-1)13-12-9-5-2-6-10-12/h1-22H,35-36H2;1-10,13H. The first kappa shape index (κ1) is 31.3. The first-order valence-corrected chi connectivity index (χ1v) is 17.0. The van der Waals surface area contributed by atoms with E-state index in [1.54, 1.807) is 0 Å². The van der Waals surface area contributed by atoms with Gasteiger partial charge in [-0.1, -0.05) is 97.1 Å². The molecule has 0 spiro atoms. The predicted octanol–water partition coefficient (Wildman–Crippen LogP) is 11.5. The molecule has 5 nitrogen and oxygen atoms in total. The van der Waals surface area contributed by atoms with Gasteiger partial charge in [-0.25, -0.2) is 0 Å². The van der Waals surface area contributed by atoms with E-state index in [9.17, 15) is 0 Å². The summed E-state index contributed by atoms with van der Waals surface area (Å²) in [6.45, 7) is 0. The van der Waals surface area contributed by atoms with Crippen molar-refractivity contribution >= 4 is 44.6 Å². The van der Waals surface area contributed by atoms with E-state index < -0.39 is 0 Å². The number of fused-ring (bicyclic) bond motifs is 3. The molecule has 5 heteroatoms. The van der Waals surface area contributed by atoms with Crippen molar-refractivity contribution in [1.82, 2.24) is 9.13 Å². The molecule has 0 amide bonds. The van der Waals surface area contributed by atoms with Gasteiger partial charge in [-0.05, 0) is 108 Å². The number of aromatic nitrogens is 2. The monoisotopic (exact) mass is 659 g/mol. The summed E-state index contributed by atoms with van der Waals surface area (Å²) in [5.74, 6) is 0. The fourth-order valence-electron chi connectivity index (χ4n) is 6.63. The lowest BCUT2D eigenvalue weighted by atomic mass is 10.1. The Labute approximate surface area is 297 Å². The lowest BCUT2D eigenvalue weighted by Crippen LogP contribution is -2.01. The molecule has 0 bridgehead atoms. The van der Waals surface area contributed by atoms with Crippen molar-refractivity contribution in [3.05, 3.63) is 194 Å². The number of benzene rings is 7. The van der Waals surface area contributed by atoms with Gasteiger partial charge in [-0.3, -0.25) is 0 Å². The van der Waals surface area contributed by atoms with Crippen molar-refractivity contribution in [3.8, 4) is 33.9 Å². The third kappa shape index (κ3) is 6.44. The van der Waals surface area contributed by atoms with Gasteiger partial charge in [0.05, 0.1) is 22.4 Å². The minimum atomic E-state index is 0.751. The average molecular weight is 660 g/mol. The smallest absolute Gasteiger partial charge is 0.0541 e. The maximum atomic E-state index is 5.99. The van der Waals surface area contributed by atoms with Crippen LogP contribution in [-0.2, 0) is 0 Å². The summed E-state index contributed by atoms with van der Waals surface area (Å²) in [6, 6.07) is 66.6. The Kier molecular flexibility index (Phi) is 8.51. The van der Waals surface area contributed by atoms with Crippen LogP contribution in [0.3, 0.4) is 0 Å². The van der Waals surface area contributed by atoms with E-state index in [0.717, 1.165) is 56.6 Å². The molecule has 0 saturated heterocycles. The summed E-state index contributed by atoms with van der Waals surface area (Å²) in [6.07, 6.45) is 0. The van der Waals surface area contributed by atoms with Crippen LogP contribution in [0.4, 0.5) is 22.7 Å². The second-order valence-corrected chi connectivity index (χ2v) is 12.4. The average Bonchev–Trinajstić information content (AvgIpc) is 3.77. The highest BCUT2D eigenvalue weighted by atomic mass is 15.0. The summed E-state index contributed by atoms with van der Waals surface area (Å²) >= 11 is 0. The summed E-state index contributed by atoms with van der Waals surface area (Å²) in [7, 11) is 0. The molecule has 2 heterocycles. The van der Waals surface area contributed by atoms with Crippen molar-refractivity contribution in [2.75, 3.05) is 16.8 Å². The molecule has 7 aromatic carbocycles. The molecule has 0 radical (unpaired) electrons. The van der Waals surface area contributed by atoms with E-state index in [0.29, 0.717) is 0 Å². The van der Waals surface area contributed by atoms with E-state index in [1.807, 2.05) is 84.9 Å². The summed E-state index contributed by atoms with van der Waals surface area (Å²) in [5, 5.41) is 5.82. The Morgan fingerprint density at radius 1 is 0.333 bits per heavy atom. The van der Waals surface area contributed by atoms with E-state index in [4.69, 9.17) is 11.5 Å². The van der Waals surface area contributed by atoms with Crippen LogP contribution in [0.2, 0.25) is 0 Å². The molecule has 0 aliphatic rings. The molecule has 9 aromatic rings. The maximum absolute atomic E-state index is 5.99. The fraction of sp³-hybridized carbons (Fsp3) is 0. The first-order valence-electron chi connectivity index (χ1n) is 17.0. The molecule has 9 rings (SSSR count). The number of nitrogen functional groups attached to an aromatic ring is 2. The zero-order valence-electron chi connectivity index (χ0n) is 28.0. The largest absolute Gasteiger partial charge is 0.399 e. The fourth-order valence-corrected chi connectivity index (χ4v) is 6.63. The van der Waals surface area contributed by atoms with Crippen molar-refractivity contribution < 1.29 is 0 Å². The lowest BCUT2D eigenvalue weighted by molar-refractivity contribution is 1.09. The molecule has 51 heavy (non-hydrogen) atoms. The molecular weight excluding hydrogens is 623 g/mol. The topological polar surface area (TPSA) is 73.9 Å². The van der Waals surface area contributed by atoms with E-state index in [2.05, 4.69) is 124 Å². The predicted molar refractivity (Wildman–Crippen MR) is 216 cm³/mol. The van der Waals surface area contributed by atoms with Crippen LogP contribution in [0.5, 0.6) is 0 Å². The number of nitrogens with one attached hydrogen (secondary N) is 1. The molecule has 0 saturated carbocycles. The third-order valence-electron chi connectivity index (χ3n) is 9.08. The molecule has 5 N–H and O–H groups in total. The highest BCUT2D eigenvalue weighted by Gasteiger charge is 2.16. The van der Waals surface area contributed by atoms with Crippen LogP contribution in [0.15, 0.2) is 194 Å². The quantitative estimate of drug-likeness (QED) is 0.156. The number of hydrogen-bond donors (Lipinski definition) is 3. The Hall–Kier alpha value is -6.98.